The van der Waals surface area contributed by atoms with Gasteiger partial charge in [-0.25, -0.2) is 10.5 Å². The summed E-state index contributed by atoms with van der Waals surface area (Å²) in [5.74, 6) is -0.515. The van der Waals surface area contributed by atoms with Gasteiger partial charge in [-0.3, -0.25) is 10.0 Å². The van der Waals surface area contributed by atoms with Crippen molar-refractivity contribution in [2.24, 2.45) is 0 Å². The van der Waals surface area contributed by atoms with Crippen LogP contribution in [0.25, 0.3) is 11.0 Å². The lowest BCUT2D eigenvalue weighted by atomic mass is 10.1. The van der Waals surface area contributed by atoms with Crippen molar-refractivity contribution in [3.8, 4) is 0 Å². The van der Waals surface area contributed by atoms with E-state index >= 15 is 0 Å². The van der Waals surface area contributed by atoms with E-state index in [1.54, 1.807) is 17.6 Å². The summed E-state index contributed by atoms with van der Waals surface area (Å²) in [6.45, 7) is 6.58. The van der Waals surface area contributed by atoms with Crippen molar-refractivity contribution in [1.82, 2.24) is 15.0 Å². The zero-order valence-electron chi connectivity index (χ0n) is 16.0. The summed E-state index contributed by atoms with van der Waals surface area (Å²) in [7, 11) is 0. The van der Waals surface area contributed by atoms with E-state index in [9.17, 15) is 4.79 Å². The molecule has 1 aliphatic rings. The number of rotatable bonds is 4. The fraction of sp³-hybridized carbons (Fsp3) is 0.333. The average molecular weight is 380 g/mol. The van der Waals surface area contributed by atoms with Crippen LogP contribution in [-0.2, 0) is 11.3 Å². The molecule has 0 aliphatic carbocycles. The second kappa shape index (κ2) is 7.61. The van der Waals surface area contributed by atoms with Crippen LogP contribution in [-0.4, -0.2) is 46.0 Å². The van der Waals surface area contributed by atoms with E-state index in [4.69, 9.17) is 14.9 Å². The lowest BCUT2D eigenvalue weighted by Crippen LogP contribution is -2.45. The first-order chi connectivity index (χ1) is 13.5. The molecule has 3 heterocycles. The van der Waals surface area contributed by atoms with E-state index in [-0.39, 0.29) is 12.2 Å². The van der Waals surface area contributed by atoms with Crippen molar-refractivity contribution < 1.29 is 14.7 Å². The van der Waals surface area contributed by atoms with Crippen molar-refractivity contribution in [3.05, 3.63) is 59.9 Å². The minimum absolute atomic E-state index is 0.208. The molecule has 2 N–H and O–H groups in total. The zero-order chi connectivity index (χ0) is 19.7. The molecule has 0 bridgehead atoms. The van der Waals surface area contributed by atoms with Crippen LogP contribution < -0.4 is 10.4 Å². The number of fused-ring (bicyclic) bond motifs is 1. The summed E-state index contributed by atoms with van der Waals surface area (Å²) in [6.07, 6.45) is 4.37. The summed E-state index contributed by atoms with van der Waals surface area (Å²) >= 11 is 0. The molecular formula is C21H24N4O3. The fourth-order valence-electron chi connectivity index (χ4n) is 3.78. The standard InChI is InChI=1S/C21H24N4O3/c1-14-11-25(12-15(2)28-14)19-9-18-7-8-24(20(18)22-10-19)13-16-3-5-17(6-4-16)21(26)23-27/h3-10,14-15,27H,11-13H2,1-2H3,(H,23,26). The third-order valence-electron chi connectivity index (χ3n) is 5.04. The molecule has 4 rings (SSSR count). The van der Waals surface area contributed by atoms with Gasteiger partial charge in [0.1, 0.15) is 5.65 Å². The summed E-state index contributed by atoms with van der Waals surface area (Å²) in [4.78, 5) is 18.5. The predicted molar refractivity (Wildman–Crippen MR) is 107 cm³/mol. The van der Waals surface area contributed by atoms with Crippen LogP contribution >= 0.6 is 0 Å². The number of carbonyl (C=O) groups is 1. The Morgan fingerprint density at radius 1 is 1.21 bits per heavy atom. The number of hydrogen-bond acceptors (Lipinski definition) is 5. The number of ether oxygens (including phenoxy) is 1. The monoisotopic (exact) mass is 380 g/mol. The Morgan fingerprint density at radius 2 is 1.93 bits per heavy atom. The van der Waals surface area contributed by atoms with E-state index in [0.717, 1.165) is 35.4 Å². The normalized spacial score (nSPS) is 19.8. The number of nitrogens with one attached hydrogen (secondary N) is 1. The van der Waals surface area contributed by atoms with Gasteiger partial charge >= 0.3 is 0 Å². The van der Waals surface area contributed by atoms with Crippen molar-refractivity contribution in [2.75, 3.05) is 18.0 Å². The first-order valence-corrected chi connectivity index (χ1v) is 9.42. The molecule has 0 spiro atoms. The second-order valence-corrected chi connectivity index (χ2v) is 7.35. The number of benzene rings is 1. The van der Waals surface area contributed by atoms with E-state index in [1.165, 1.54) is 0 Å². The zero-order valence-corrected chi connectivity index (χ0v) is 16.0. The number of aromatic nitrogens is 2. The number of hydrogen-bond donors (Lipinski definition) is 2. The largest absolute Gasteiger partial charge is 0.372 e. The van der Waals surface area contributed by atoms with E-state index in [0.29, 0.717) is 12.1 Å². The molecule has 1 saturated heterocycles. The molecule has 7 heteroatoms. The Kier molecular flexibility index (Phi) is 5.02. The van der Waals surface area contributed by atoms with E-state index in [2.05, 4.69) is 35.4 Å². The molecule has 7 nitrogen and oxygen atoms in total. The number of anilines is 1. The van der Waals surface area contributed by atoms with Crippen LogP contribution in [0.2, 0.25) is 0 Å². The topological polar surface area (TPSA) is 79.6 Å². The molecule has 28 heavy (non-hydrogen) atoms. The quantitative estimate of drug-likeness (QED) is 0.537. The second-order valence-electron chi connectivity index (χ2n) is 7.35. The smallest absolute Gasteiger partial charge is 0.274 e. The third-order valence-corrected chi connectivity index (χ3v) is 5.04. The van der Waals surface area contributed by atoms with Gasteiger partial charge in [-0.1, -0.05) is 12.1 Å². The molecule has 2 aromatic heterocycles. The molecule has 1 amide bonds. The van der Waals surface area contributed by atoms with Crippen molar-refractivity contribution in [1.29, 1.82) is 0 Å². The Labute approximate surface area is 163 Å². The molecule has 1 aromatic carbocycles. The van der Waals surface area contributed by atoms with E-state index in [1.807, 2.05) is 24.5 Å². The molecule has 1 aliphatic heterocycles. The lowest BCUT2D eigenvalue weighted by Gasteiger charge is -2.36. The highest BCUT2D eigenvalue weighted by Gasteiger charge is 2.23. The minimum Gasteiger partial charge on any atom is -0.372 e. The van der Waals surface area contributed by atoms with Gasteiger partial charge in [0.15, 0.2) is 0 Å². The molecular weight excluding hydrogens is 356 g/mol. The fourth-order valence-corrected chi connectivity index (χ4v) is 3.78. The Morgan fingerprint density at radius 3 is 2.61 bits per heavy atom. The van der Waals surface area contributed by atoms with Crippen LogP contribution in [0.4, 0.5) is 5.69 Å². The molecule has 3 aromatic rings. The maximum atomic E-state index is 11.4. The summed E-state index contributed by atoms with van der Waals surface area (Å²) < 4.78 is 7.91. The van der Waals surface area contributed by atoms with Gasteiger partial charge in [0.2, 0.25) is 0 Å². The van der Waals surface area contributed by atoms with Gasteiger partial charge in [0, 0.05) is 36.8 Å². The van der Waals surface area contributed by atoms with Crippen LogP contribution in [0.1, 0.15) is 29.8 Å². The number of pyridine rings is 1. The van der Waals surface area contributed by atoms with Gasteiger partial charge < -0.3 is 14.2 Å². The maximum absolute atomic E-state index is 11.4. The Hall–Kier alpha value is -2.90. The number of morpholine rings is 1. The highest BCUT2D eigenvalue weighted by atomic mass is 16.5. The van der Waals surface area contributed by atoms with Crippen molar-refractivity contribution in [2.45, 2.75) is 32.6 Å². The first-order valence-electron chi connectivity index (χ1n) is 9.42. The van der Waals surface area contributed by atoms with Crippen LogP contribution in [0.15, 0.2) is 48.8 Å². The highest BCUT2D eigenvalue weighted by Crippen LogP contribution is 2.24. The summed E-state index contributed by atoms with van der Waals surface area (Å²) in [5, 5.41) is 9.80. The maximum Gasteiger partial charge on any atom is 0.274 e. The first kappa shape index (κ1) is 18.5. The highest BCUT2D eigenvalue weighted by molar-refractivity contribution is 5.93. The Balaban J connectivity index is 1.54. The van der Waals surface area contributed by atoms with Gasteiger partial charge in [0.05, 0.1) is 24.1 Å². The molecule has 1 fully saturated rings. The minimum atomic E-state index is -0.515. The van der Waals surface area contributed by atoms with Crippen molar-refractivity contribution in [3.63, 3.8) is 0 Å². The third kappa shape index (κ3) is 3.72. The molecule has 0 radical (unpaired) electrons. The molecule has 2 unspecified atom stereocenters. The number of nitrogens with zero attached hydrogens (tertiary/aromatic N) is 3. The number of hydroxylamine groups is 1. The SMILES string of the molecule is CC1CN(c2cnc3c(ccn3Cc3ccc(C(=O)NO)cc3)c2)CC(C)O1. The summed E-state index contributed by atoms with van der Waals surface area (Å²) in [5.41, 5.74) is 5.15. The van der Waals surface area contributed by atoms with Crippen LogP contribution in [0.3, 0.4) is 0 Å². The lowest BCUT2D eigenvalue weighted by molar-refractivity contribution is -0.00522. The number of carbonyl (C=O) groups excluding carboxylic acids is 1. The molecule has 2 atom stereocenters. The van der Waals surface area contributed by atoms with Crippen LogP contribution in [0, 0.1) is 0 Å². The van der Waals surface area contributed by atoms with E-state index < -0.39 is 5.91 Å². The predicted octanol–water partition coefficient (Wildman–Crippen LogP) is 2.82. The van der Waals surface area contributed by atoms with Gasteiger partial charge in [0.25, 0.3) is 5.91 Å². The van der Waals surface area contributed by atoms with Gasteiger partial charge in [-0.05, 0) is 43.7 Å². The van der Waals surface area contributed by atoms with Gasteiger partial charge in [-0.2, -0.15) is 0 Å². The van der Waals surface area contributed by atoms with Crippen LogP contribution in [0.5, 0.6) is 0 Å². The van der Waals surface area contributed by atoms with Gasteiger partial charge in [-0.15, -0.1) is 0 Å². The number of amides is 1. The summed E-state index contributed by atoms with van der Waals surface area (Å²) in [6, 6.07) is 11.4. The Bertz CT molecular complexity index is 973. The average Bonchev–Trinajstić information content (AvgIpc) is 3.09. The molecule has 0 saturated carbocycles. The van der Waals surface area contributed by atoms with Crippen molar-refractivity contribution >= 4 is 22.6 Å². The molecule has 146 valence electrons.